The zero-order valence-corrected chi connectivity index (χ0v) is 13.3. The summed E-state index contributed by atoms with van der Waals surface area (Å²) in [6.45, 7) is 6.69. The molecule has 21 heavy (non-hydrogen) atoms. The fraction of sp³-hybridized carbons (Fsp3) is 0.611. The third-order valence-electron chi connectivity index (χ3n) is 5.09. The molecule has 0 heterocycles. The fourth-order valence-corrected chi connectivity index (χ4v) is 3.48. The van der Waals surface area contributed by atoms with Crippen molar-refractivity contribution in [3.8, 4) is 0 Å². The zero-order chi connectivity index (χ0) is 15.0. The van der Waals surface area contributed by atoms with Crippen molar-refractivity contribution in [2.75, 3.05) is 11.9 Å². The van der Waals surface area contributed by atoms with Gasteiger partial charge in [-0.2, -0.15) is 0 Å². The number of rotatable bonds is 6. The zero-order valence-electron chi connectivity index (χ0n) is 13.3. The Morgan fingerprint density at radius 3 is 2.57 bits per heavy atom. The molecule has 2 saturated carbocycles. The van der Waals surface area contributed by atoms with Gasteiger partial charge in [0.2, 0.25) is 5.91 Å². The highest BCUT2D eigenvalue weighted by atomic mass is 16.1. The Morgan fingerprint density at radius 1 is 1.29 bits per heavy atom. The molecule has 0 radical (unpaired) electrons. The molecule has 3 atom stereocenters. The van der Waals surface area contributed by atoms with Crippen LogP contribution < -0.4 is 10.6 Å². The van der Waals surface area contributed by atoms with Crippen LogP contribution in [0.15, 0.2) is 18.2 Å². The quantitative estimate of drug-likeness (QED) is 0.842. The van der Waals surface area contributed by atoms with Crippen molar-refractivity contribution in [2.24, 2.45) is 17.8 Å². The second kappa shape index (κ2) is 5.80. The summed E-state index contributed by atoms with van der Waals surface area (Å²) in [5.41, 5.74) is 3.19. The van der Waals surface area contributed by atoms with E-state index in [0.717, 1.165) is 34.6 Å². The Kier molecular flexibility index (Phi) is 4.03. The first-order valence-electron chi connectivity index (χ1n) is 8.15. The number of amides is 1. The molecule has 2 aliphatic carbocycles. The monoisotopic (exact) mass is 286 g/mol. The summed E-state index contributed by atoms with van der Waals surface area (Å²) in [7, 11) is 0. The molecule has 114 valence electrons. The minimum atomic E-state index is 0.0582. The standard InChI is InChI=1S/C18H26N2O/c1-11-5-4-6-12(2)18(11)20-17(21)10-19-13(3)15-9-16(15)14-7-8-14/h4-6,13-16,19H,7-10H2,1-3H3,(H,20,21)/t13?,15-,16-/m0/s1. The van der Waals surface area contributed by atoms with Crippen LogP contribution in [-0.2, 0) is 4.79 Å². The summed E-state index contributed by atoms with van der Waals surface area (Å²) in [4.78, 5) is 12.1. The molecule has 2 aliphatic rings. The lowest BCUT2D eigenvalue weighted by Gasteiger charge is -2.15. The van der Waals surface area contributed by atoms with E-state index in [1.165, 1.54) is 19.3 Å². The van der Waals surface area contributed by atoms with E-state index in [1.807, 2.05) is 32.0 Å². The molecule has 0 spiro atoms. The van der Waals surface area contributed by atoms with Gasteiger partial charge in [0.1, 0.15) is 0 Å². The average molecular weight is 286 g/mol. The van der Waals surface area contributed by atoms with Crippen molar-refractivity contribution in [1.29, 1.82) is 0 Å². The van der Waals surface area contributed by atoms with E-state index in [1.54, 1.807) is 0 Å². The van der Waals surface area contributed by atoms with Crippen LogP contribution in [0.25, 0.3) is 0 Å². The highest BCUT2D eigenvalue weighted by Crippen LogP contribution is 2.55. The second-order valence-corrected chi connectivity index (χ2v) is 6.89. The van der Waals surface area contributed by atoms with Crippen LogP contribution in [0.4, 0.5) is 5.69 Å². The minimum Gasteiger partial charge on any atom is -0.324 e. The summed E-state index contributed by atoms with van der Waals surface area (Å²) in [5.74, 6) is 2.80. The molecule has 0 aromatic heterocycles. The Balaban J connectivity index is 1.46. The van der Waals surface area contributed by atoms with E-state index in [0.29, 0.717) is 12.6 Å². The first-order chi connectivity index (χ1) is 10.1. The molecule has 0 bridgehead atoms. The minimum absolute atomic E-state index is 0.0582. The summed E-state index contributed by atoms with van der Waals surface area (Å²) < 4.78 is 0. The molecule has 0 saturated heterocycles. The molecule has 0 aliphatic heterocycles. The van der Waals surface area contributed by atoms with Crippen LogP contribution >= 0.6 is 0 Å². The van der Waals surface area contributed by atoms with Crippen LogP contribution in [0, 0.1) is 31.6 Å². The molecule has 2 N–H and O–H groups in total. The molecule has 1 aromatic rings. The Labute approximate surface area is 127 Å². The summed E-state index contributed by atoms with van der Waals surface area (Å²) in [5, 5.41) is 6.44. The number of aryl methyl sites for hydroxylation is 2. The number of hydrogen-bond acceptors (Lipinski definition) is 2. The van der Waals surface area contributed by atoms with Crippen molar-refractivity contribution >= 4 is 11.6 Å². The Morgan fingerprint density at radius 2 is 1.95 bits per heavy atom. The van der Waals surface area contributed by atoms with Crippen LogP contribution in [0.2, 0.25) is 0 Å². The van der Waals surface area contributed by atoms with Gasteiger partial charge in [-0.1, -0.05) is 18.2 Å². The molecule has 1 unspecified atom stereocenters. The number of nitrogens with one attached hydrogen (secondary N) is 2. The lowest BCUT2D eigenvalue weighted by atomic mass is 10.1. The van der Waals surface area contributed by atoms with Gasteiger partial charge in [0.05, 0.1) is 6.54 Å². The second-order valence-electron chi connectivity index (χ2n) is 6.89. The average Bonchev–Trinajstić information content (AvgIpc) is 3.30. The SMILES string of the molecule is Cc1cccc(C)c1NC(=O)CNC(C)[C@@H]1C[C@H]1C1CC1. The van der Waals surface area contributed by atoms with Gasteiger partial charge in [-0.3, -0.25) is 4.79 Å². The van der Waals surface area contributed by atoms with E-state index >= 15 is 0 Å². The van der Waals surface area contributed by atoms with Crippen molar-refractivity contribution in [3.05, 3.63) is 29.3 Å². The molecule has 3 rings (SSSR count). The predicted octanol–water partition coefficient (Wildman–Crippen LogP) is 3.27. The van der Waals surface area contributed by atoms with Gasteiger partial charge in [-0.05, 0) is 68.9 Å². The van der Waals surface area contributed by atoms with Crippen molar-refractivity contribution < 1.29 is 4.79 Å². The van der Waals surface area contributed by atoms with Gasteiger partial charge in [0.15, 0.2) is 0 Å². The van der Waals surface area contributed by atoms with E-state index in [-0.39, 0.29) is 5.91 Å². The maximum absolute atomic E-state index is 12.1. The maximum Gasteiger partial charge on any atom is 0.238 e. The van der Waals surface area contributed by atoms with Gasteiger partial charge in [-0.15, -0.1) is 0 Å². The Bertz CT molecular complexity index is 516. The number of para-hydroxylation sites is 1. The number of benzene rings is 1. The van der Waals surface area contributed by atoms with Gasteiger partial charge in [-0.25, -0.2) is 0 Å². The first kappa shape index (κ1) is 14.6. The number of anilines is 1. The van der Waals surface area contributed by atoms with Gasteiger partial charge < -0.3 is 10.6 Å². The molecule has 1 amide bonds. The number of carbonyl (C=O) groups excluding carboxylic acids is 1. The molecular formula is C18H26N2O. The number of carbonyl (C=O) groups is 1. The fourth-order valence-electron chi connectivity index (χ4n) is 3.48. The lowest BCUT2D eigenvalue weighted by Crippen LogP contribution is -2.36. The topological polar surface area (TPSA) is 41.1 Å². The normalized spacial score (nSPS) is 25.5. The molecular weight excluding hydrogens is 260 g/mol. The maximum atomic E-state index is 12.1. The third kappa shape index (κ3) is 3.46. The van der Waals surface area contributed by atoms with Gasteiger partial charge in [0, 0.05) is 11.7 Å². The molecule has 3 heteroatoms. The third-order valence-corrected chi connectivity index (χ3v) is 5.09. The van der Waals surface area contributed by atoms with Gasteiger partial charge in [0.25, 0.3) is 0 Å². The predicted molar refractivity (Wildman–Crippen MR) is 86.3 cm³/mol. The van der Waals surface area contributed by atoms with Crippen molar-refractivity contribution in [1.82, 2.24) is 5.32 Å². The van der Waals surface area contributed by atoms with Crippen LogP contribution in [0.1, 0.15) is 37.3 Å². The largest absolute Gasteiger partial charge is 0.324 e. The van der Waals surface area contributed by atoms with Crippen LogP contribution in [0.3, 0.4) is 0 Å². The van der Waals surface area contributed by atoms with Crippen molar-refractivity contribution in [3.63, 3.8) is 0 Å². The summed E-state index contributed by atoms with van der Waals surface area (Å²) in [6, 6.07) is 6.54. The Hall–Kier alpha value is -1.35. The number of hydrogen-bond donors (Lipinski definition) is 2. The summed E-state index contributed by atoms with van der Waals surface area (Å²) >= 11 is 0. The van der Waals surface area contributed by atoms with Crippen LogP contribution in [0.5, 0.6) is 0 Å². The lowest BCUT2D eigenvalue weighted by molar-refractivity contribution is -0.115. The van der Waals surface area contributed by atoms with Gasteiger partial charge >= 0.3 is 0 Å². The molecule has 3 nitrogen and oxygen atoms in total. The highest BCUT2D eigenvalue weighted by molar-refractivity contribution is 5.93. The first-order valence-corrected chi connectivity index (χ1v) is 8.15. The van der Waals surface area contributed by atoms with Crippen molar-refractivity contribution in [2.45, 2.75) is 46.1 Å². The molecule has 2 fully saturated rings. The van der Waals surface area contributed by atoms with E-state index < -0.39 is 0 Å². The molecule has 1 aromatic carbocycles. The van der Waals surface area contributed by atoms with E-state index in [9.17, 15) is 4.79 Å². The summed E-state index contributed by atoms with van der Waals surface area (Å²) in [6.07, 6.45) is 4.22. The van der Waals surface area contributed by atoms with E-state index in [2.05, 4.69) is 17.6 Å². The highest BCUT2D eigenvalue weighted by Gasteiger charge is 2.49. The van der Waals surface area contributed by atoms with E-state index in [4.69, 9.17) is 0 Å². The smallest absolute Gasteiger partial charge is 0.238 e. The van der Waals surface area contributed by atoms with Crippen LogP contribution in [-0.4, -0.2) is 18.5 Å².